The molecular weight excluding hydrogens is 440 g/mol. The molecule has 1 fully saturated rings. The highest BCUT2D eigenvalue weighted by Crippen LogP contribution is 2.24. The van der Waals surface area contributed by atoms with Gasteiger partial charge in [0.05, 0.1) is 17.1 Å². The molecule has 1 aliphatic carbocycles. The Morgan fingerprint density at radius 3 is 2.48 bits per heavy atom. The summed E-state index contributed by atoms with van der Waals surface area (Å²) in [7, 11) is -3.95. The standard InChI is InChI=1S/C24H30N4O4S/c1-17-6-10-19(11-7-17)26-24(30)27-33(31,32)20-12-8-18(9-13-20)14-15-28-16-25-22-5-3-2-4-21(22)23(28)29/h2-5,8-9,12-13,17,19,25H,6-7,10-11,14-16H2,1H3,(H2,26,27,30). The van der Waals surface area contributed by atoms with Crippen LogP contribution >= 0.6 is 0 Å². The molecule has 0 aromatic heterocycles. The number of para-hydroxylation sites is 1. The number of nitrogens with zero attached hydrogens (tertiary/aromatic N) is 1. The molecule has 176 valence electrons. The molecule has 2 aliphatic rings. The lowest BCUT2D eigenvalue weighted by molar-refractivity contribution is 0.0760. The Bertz CT molecular complexity index is 1110. The zero-order valence-corrected chi connectivity index (χ0v) is 19.5. The molecule has 1 aliphatic heterocycles. The summed E-state index contributed by atoms with van der Waals surface area (Å²) < 4.78 is 27.3. The lowest BCUT2D eigenvalue weighted by Gasteiger charge is -2.29. The number of benzene rings is 2. The van der Waals surface area contributed by atoms with Gasteiger partial charge in [-0.3, -0.25) is 4.79 Å². The van der Waals surface area contributed by atoms with E-state index in [9.17, 15) is 18.0 Å². The number of rotatable bonds is 6. The molecule has 2 aromatic carbocycles. The average Bonchev–Trinajstić information content (AvgIpc) is 2.80. The third kappa shape index (κ3) is 5.65. The number of urea groups is 1. The number of hydrogen-bond acceptors (Lipinski definition) is 5. The zero-order valence-electron chi connectivity index (χ0n) is 18.7. The normalized spacial score (nSPS) is 20.5. The smallest absolute Gasteiger partial charge is 0.328 e. The predicted octanol–water partition coefficient (Wildman–Crippen LogP) is 3.32. The van der Waals surface area contributed by atoms with E-state index < -0.39 is 16.1 Å². The minimum absolute atomic E-state index is 0.0118. The van der Waals surface area contributed by atoms with Crippen molar-refractivity contribution in [1.29, 1.82) is 0 Å². The van der Waals surface area contributed by atoms with Gasteiger partial charge < -0.3 is 15.5 Å². The molecule has 8 nitrogen and oxygen atoms in total. The van der Waals surface area contributed by atoms with E-state index in [1.807, 2.05) is 18.2 Å². The summed E-state index contributed by atoms with van der Waals surface area (Å²) in [6.45, 7) is 3.12. The maximum atomic E-state index is 12.6. The second kappa shape index (κ2) is 9.82. The Kier molecular flexibility index (Phi) is 6.88. The second-order valence-corrected chi connectivity index (χ2v) is 10.6. The van der Waals surface area contributed by atoms with Crippen molar-refractivity contribution in [3.8, 4) is 0 Å². The number of fused-ring (bicyclic) bond motifs is 1. The van der Waals surface area contributed by atoms with E-state index in [-0.39, 0.29) is 16.8 Å². The summed E-state index contributed by atoms with van der Waals surface area (Å²) in [5.74, 6) is 0.625. The number of nitrogens with one attached hydrogen (secondary N) is 3. The van der Waals surface area contributed by atoms with Crippen LogP contribution in [-0.2, 0) is 16.4 Å². The van der Waals surface area contributed by atoms with E-state index in [1.54, 1.807) is 23.1 Å². The molecule has 0 bridgehead atoms. The highest BCUT2D eigenvalue weighted by atomic mass is 32.2. The number of carbonyl (C=O) groups is 2. The van der Waals surface area contributed by atoms with Gasteiger partial charge in [-0.05, 0) is 67.9 Å². The molecule has 9 heteroatoms. The molecule has 0 atom stereocenters. The van der Waals surface area contributed by atoms with E-state index in [1.165, 1.54) is 12.1 Å². The van der Waals surface area contributed by atoms with E-state index in [0.29, 0.717) is 31.1 Å². The number of sulfonamides is 1. The van der Waals surface area contributed by atoms with Gasteiger partial charge in [-0.15, -0.1) is 0 Å². The monoisotopic (exact) mass is 470 g/mol. The molecule has 1 saturated carbocycles. The van der Waals surface area contributed by atoms with Crippen LogP contribution in [-0.4, -0.2) is 44.5 Å². The molecule has 2 aromatic rings. The van der Waals surface area contributed by atoms with Crippen LogP contribution in [0.15, 0.2) is 53.4 Å². The average molecular weight is 471 g/mol. The van der Waals surface area contributed by atoms with Crippen molar-refractivity contribution in [2.45, 2.75) is 50.0 Å². The summed E-state index contributed by atoms with van der Waals surface area (Å²) in [5.41, 5.74) is 2.39. The number of carbonyl (C=O) groups excluding carboxylic acids is 2. The van der Waals surface area contributed by atoms with Gasteiger partial charge in [0.25, 0.3) is 15.9 Å². The Morgan fingerprint density at radius 2 is 1.76 bits per heavy atom. The lowest BCUT2D eigenvalue weighted by atomic mass is 9.87. The number of anilines is 1. The summed E-state index contributed by atoms with van der Waals surface area (Å²) >= 11 is 0. The minimum Gasteiger partial charge on any atom is -0.367 e. The summed E-state index contributed by atoms with van der Waals surface area (Å²) in [4.78, 5) is 26.6. The fourth-order valence-electron chi connectivity index (χ4n) is 4.33. The molecule has 0 saturated heterocycles. The first kappa shape index (κ1) is 23.1. The van der Waals surface area contributed by atoms with Crippen LogP contribution in [0.1, 0.15) is 48.5 Å². The van der Waals surface area contributed by atoms with E-state index in [2.05, 4.69) is 22.3 Å². The van der Waals surface area contributed by atoms with Gasteiger partial charge in [-0.2, -0.15) is 0 Å². The first-order valence-corrected chi connectivity index (χ1v) is 12.8. The van der Waals surface area contributed by atoms with Gasteiger partial charge in [-0.1, -0.05) is 31.2 Å². The van der Waals surface area contributed by atoms with Crippen LogP contribution in [0.4, 0.5) is 10.5 Å². The predicted molar refractivity (Wildman–Crippen MR) is 126 cm³/mol. The highest BCUT2D eigenvalue weighted by Gasteiger charge is 2.24. The molecule has 0 spiro atoms. The molecule has 4 rings (SSSR count). The van der Waals surface area contributed by atoms with Gasteiger partial charge in [0, 0.05) is 18.3 Å². The van der Waals surface area contributed by atoms with Crippen LogP contribution in [0.2, 0.25) is 0 Å². The number of amides is 3. The van der Waals surface area contributed by atoms with Crippen molar-refractivity contribution in [3.63, 3.8) is 0 Å². The van der Waals surface area contributed by atoms with Gasteiger partial charge in [0.15, 0.2) is 0 Å². The molecule has 1 heterocycles. The van der Waals surface area contributed by atoms with Crippen molar-refractivity contribution in [3.05, 3.63) is 59.7 Å². The molecular formula is C24H30N4O4S. The fourth-order valence-corrected chi connectivity index (χ4v) is 5.24. The van der Waals surface area contributed by atoms with Crippen molar-refractivity contribution in [2.75, 3.05) is 18.5 Å². The Balaban J connectivity index is 1.30. The maximum absolute atomic E-state index is 12.6. The summed E-state index contributed by atoms with van der Waals surface area (Å²) in [6, 6.07) is 13.1. The third-order valence-electron chi connectivity index (χ3n) is 6.39. The minimum atomic E-state index is -3.95. The van der Waals surface area contributed by atoms with Gasteiger partial charge in [0.1, 0.15) is 0 Å². The quantitative estimate of drug-likeness (QED) is 0.600. The van der Waals surface area contributed by atoms with Gasteiger partial charge >= 0.3 is 6.03 Å². The van der Waals surface area contributed by atoms with Crippen LogP contribution in [0, 0.1) is 5.92 Å². The first-order valence-electron chi connectivity index (χ1n) is 11.4. The molecule has 0 radical (unpaired) electrons. The van der Waals surface area contributed by atoms with Crippen molar-refractivity contribution in [2.24, 2.45) is 5.92 Å². The Hall–Kier alpha value is -3.07. The number of hydrogen-bond donors (Lipinski definition) is 3. The topological polar surface area (TPSA) is 108 Å². The van der Waals surface area contributed by atoms with E-state index in [0.717, 1.165) is 36.9 Å². The van der Waals surface area contributed by atoms with Gasteiger partial charge in [-0.25, -0.2) is 17.9 Å². The van der Waals surface area contributed by atoms with E-state index in [4.69, 9.17) is 0 Å². The fraction of sp³-hybridized carbons (Fsp3) is 0.417. The molecule has 3 amide bonds. The lowest BCUT2D eigenvalue weighted by Crippen LogP contribution is -2.45. The zero-order chi connectivity index (χ0) is 23.4. The Morgan fingerprint density at radius 1 is 1.06 bits per heavy atom. The van der Waals surface area contributed by atoms with Crippen molar-refractivity contribution >= 4 is 27.6 Å². The van der Waals surface area contributed by atoms with Crippen LogP contribution in [0.25, 0.3) is 0 Å². The molecule has 33 heavy (non-hydrogen) atoms. The van der Waals surface area contributed by atoms with Crippen LogP contribution in [0.3, 0.4) is 0 Å². The Labute approximate surface area is 194 Å². The maximum Gasteiger partial charge on any atom is 0.328 e. The molecule has 0 unspecified atom stereocenters. The van der Waals surface area contributed by atoms with Crippen molar-refractivity contribution in [1.82, 2.24) is 14.9 Å². The van der Waals surface area contributed by atoms with Crippen LogP contribution in [0.5, 0.6) is 0 Å². The summed E-state index contributed by atoms with van der Waals surface area (Å²) in [6.07, 6.45) is 4.38. The highest BCUT2D eigenvalue weighted by molar-refractivity contribution is 7.90. The third-order valence-corrected chi connectivity index (χ3v) is 7.73. The summed E-state index contributed by atoms with van der Waals surface area (Å²) in [5, 5.41) is 6.01. The second-order valence-electron chi connectivity index (χ2n) is 8.88. The first-order chi connectivity index (χ1) is 15.8. The van der Waals surface area contributed by atoms with Gasteiger partial charge in [0.2, 0.25) is 0 Å². The van der Waals surface area contributed by atoms with Crippen molar-refractivity contribution < 1.29 is 18.0 Å². The van der Waals surface area contributed by atoms with E-state index >= 15 is 0 Å². The largest absolute Gasteiger partial charge is 0.367 e. The molecule has 3 N–H and O–H groups in total. The van der Waals surface area contributed by atoms with Crippen LogP contribution < -0.4 is 15.4 Å². The SMILES string of the molecule is CC1CCC(NC(=O)NS(=O)(=O)c2ccc(CCN3CNc4ccccc4C3=O)cc2)CC1.